The predicted molar refractivity (Wildman–Crippen MR) is 102 cm³/mol. The van der Waals surface area contributed by atoms with Crippen LogP contribution in [-0.4, -0.2) is 33.6 Å². The first-order valence-corrected chi connectivity index (χ1v) is 7.91. The van der Waals surface area contributed by atoms with Crippen LogP contribution in [-0.2, 0) is 13.1 Å². The van der Waals surface area contributed by atoms with Gasteiger partial charge in [-0.25, -0.2) is 15.0 Å². The van der Waals surface area contributed by atoms with Crippen LogP contribution in [0.15, 0.2) is 23.7 Å². The van der Waals surface area contributed by atoms with Gasteiger partial charge in [0.1, 0.15) is 5.01 Å². The number of hydrogen-bond acceptors (Lipinski definition) is 4. The molecule has 0 atom stereocenters. The van der Waals surface area contributed by atoms with E-state index in [1.54, 1.807) is 17.5 Å². The quantitative estimate of drug-likeness (QED) is 0.416. The summed E-state index contributed by atoms with van der Waals surface area (Å²) in [6.07, 6.45) is 5.55. The number of hydrogen-bond donors (Lipinski definition) is 2. The number of nitrogens with zero attached hydrogens (tertiary/aromatic N) is 4. The summed E-state index contributed by atoms with van der Waals surface area (Å²) in [6.45, 7) is 9.30. The topological polar surface area (TPSA) is 67.1 Å². The molecule has 2 heterocycles. The summed E-state index contributed by atoms with van der Waals surface area (Å²) in [5.41, 5.74) is 1.10. The van der Waals surface area contributed by atoms with E-state index in [9.17, 15) is 0 Å². The molecule has 122 valence electrons. The monoisotopic (exact) mass is 434 g/mol. The van der Waals surface area contributed by atoms with E-state index in [0.717, 1.165) is 36.3 Å². The predicted octanol–water partition coefficient (Wildman–Crippen LogP) is 2.33. The zero-order chi connectivity index (χ0) is 15.1. The largest absolute Gasteiger partial charge is 0.357 e. The van der Waals surface area contributed by atoms with Crippen LogP contribution < -0.4 is 10.6 Å². The van der Waals surface area contributed by atoms with E-state index in [-0.39, 0.29) is 24.0 Å². The van der Waals surface area contributed by atoms with Gasteiger partial charge < -0.3 is 15.2 Å². The van der Waals surface area contributed by atoms with Crippen molar-refractivity contribution in [1.29, 1.82) is 0 Å². The van der Waals surface area contributed by atoms with E-state index in [0.29, 0.717) is 6.54 Å². The molecule has 22 heavy (non-hydrogen) atoms. The second kappa shape index (κ2) is 9.78. The molecule has 0 spiro atoms. The molecule has 0 fully saturated rings. The molecule has 0 aliphatic heterocycles. The highest BCUT2D eigenvalue weighted by atomic mass is 127. The number of imidazole rings is 1. The number of aromatic nitrogens is 3. The van der Waals surface area contributed by atoms with Gasteiger partial charge in [-0.1, -0.05) is 0 Å². The summed E-state index contributed by atoms with van der Waals surface area (Å²) in [5, 5.41) is 7.62. The van der Waals surface area contributed by atoms with Gasteiger partial charge in [0.05, 0.1) is 18.6 Å². The molecule has 0 saturated heterocycles. The Morgan fingerprint density at radius 3 is 2.77 bits per heavy atom. The van der Waals surface area contributed by atoms with Gasteiger partial charge in [0.15, 0.2) is 5.96 Å². The Morgan fingerprint density at radius 1 is 1.36 bits per heavy atom. The van der Waals surface area contributed by atoms with E-state index >= 15 is 0 Å². The van der Waals surface area contributed by atoms with Crippen molar-refractivity contribution in [3.63, 3.8) is 0 Å². The summed E-state index contributed by atoms with van der Waals surface area (Å²) in [4.78, 5) is 14.4. The maximum atomic E-state index is 4.57. The lowest BCUT2D eigenvalue weighted by Crippen LogP contribution is -2.38. The van der Waals surface area contributed by atoms with Crippen molar-refractivity contribution >= 4 is 41.3 Å². The summed E-state index contributed by atoms with van der Waals surface area (Å²) in [5.74, 6) is 0.822. The minimum atomic E-state index is 0. The van der Waals surface area contributed by atoms with Gasteiger partial charge >= 0.3 is 0 Å². The maximum absolute atomic E-state index is 4.57. The highest BCUT2D eigenvalue weighted by Gasteiger charge is 2.03. The maximum Gasteiger partial charge on any atom is 0.191 e. The molecule has 0 saturated carbocycles. The standard InChI is InChI=1S/C14H22N6S.HI/c1-4-16-14(17-6-8-20-7-5-15-10-20)18-9-13-19-11(2)12(3)21-13;/h5,7,10H,4,6,8-9H2,1-3H3,(H2,16,17,18);1H. The Morgan fingerprint density at radius 2 is 2.18 bits per heavy atom. The van der Waals surface area contributed by atoms with Crippen molar-refractivity contribution in [1.82, 2.24) is 25.2 Å². The minimum absolute atomic E-state index is 0. The van der Waals surface area contributed by atoms with Crippen molar-refractivity contribution in [2.45, 2.75) is 33.9 Å². The lowest BCUT2D eigenvalue weighted by Gasteiger charge is -2.11. The molecule has 0 aliphatic rings. The molecule has 0 aliphatic carbocycles. The Hall–Kier alpha value is -1.16. The summed E-state index contributed by atoms with van der Waals surface area (Å²) in [6, 6.07) is 0. The van der Waals surface area contributed by atoms with Gasteiger partial charge in [0, 0.05) is 36.9 Å². The molecular weight excluding hydrogens is 411 g/mol. The highest BCUT2D eigenvalue weighted by Crippen LogP contribution is 2.16. The van der Waals surface area contributed by atoms with Crippen molar-refractivity contribution in [3.05, 3.63) is 34.3 Å². The van der Waals surface area contributed by atoms with E-state index in [1.165, 1.54) is 4.88 Å². The lowest BCUT2D eigenvalue weighted by molar-refractivity contribution is 0.662. The molecule has 0 amide bonds. The summed E-state index contributed by atoms with van der Waals surface area (Å²) < 4.78 is 2.03. The Labute approximate surface area is 152 Å². The second-order valence-corrected chi connectivity index (χ2v) is 5.96. The molecule has 2 aromatic rings. The molecule has 6 nitrogen and oxygen atoms in total. The zero-order valence-corrected chi connectivity index (χ0v) is 16.3. The van der Waals surface area contributed by atoms with Gasteiger partial charge in [0.25, 0.3) is 0 Å². The van der Waals surface area contributed by atoms with Gasteiger partial charge in [0.2, 0.25) is 0 Å². The fourth-order valence-electron chi connectivity index (χ4n) is 1.82. The number of aryl methyl sites for hydroxylation is 2. The highest BCUT2D eigenvalue weighted by molar-refractivity contribution is 14.0. The Balaban J connectivity index is 0.00000242. The van der Waals surface area contributed by atoms with Gasteiger partial charge in [-0.2, -0.15) is 0 Å². The smallest absolute Gasteiger partial charge is 0.191 e. The Bertz CT molecular complexity index is 559. The van der Waals surface area contributed by atoms with E-state index < -0.39 is 0 Å². The summed E-state index contributed by atoms with van der Waals surface area (Å²) in [7, 11) is 0. The molecule has 2 aromatic heterocycles. The molecular formula is C14H23IN6S. The first-order valence-electron chi connectivity index (χ1n) is 7.10. The van der Waals surface area contributed by atoms with Crippen LogP contribution in [0.2, 0.25) is 0 Å². The fourth-order valence-corrected chi connectivity index (χ4v) is 2.68. The van der Waals surface area contributed by atoms with Crippen molar-refractivity contribution in [2.75, 3.05) is 13.1 Å². The third kappa shape index (κ3) is 5.91. The molecule has 2 N–H and O–H groups in total. The molecule has 0 radical (unpaired) electrons. The first kappa shape index (κ1) is 18.9. The van der Waals surface area contributed by atoms with E-state index in [4.69, 9.17) is 0 Å². The van der Waals surface area contributed by atoms with Crippen molar-refractivity contribution < 1.29 is 0 Å². The van der Waals surface area contributed by atoms with Crippen LogP contribution in [0.25, 0.3) is 0 Å². The van der Waals surface area contributed by atoms with E-state index in [1.807, 2.05) is 24.0 Å². The number of nitrogens with one attached hydrogen (secondary N) is 2. The molecule has 0 aromatic carbocycles. The SMILES string of the molecule is CCNC(=NCc1nc(C)c(C)s1)NCCn1ccnc1.I. The number of thiazole rings is 1. The zero-order valence-electron chi connectivity index (χ0n) is 13.2. The number of halogens is 1. The Kier molecular flexibility index (Phi) is 8.39. The molecule has 0 bridgehead atoms. The van der Waals surface area contributed by atoms with Crippen LogP contribution in [0.4, 0.5) is 0 Å². The average Bonchev–Trinajstić information content (AvgIpc) is 3.07. The number of guanidine groups is 1. The van der Waals surface area contributed by atoms with Crippen LogP contribution in [0, 0.1) is 13.8 Å². The van der Waals surface area contributed by atoms with E-state index in [2.05, 4.69) is 39.4 Å². The average molecular weight is 434 g/mol. The molecule has 8 heteroatoms. The first-order chi connectivity index (χ1) is 10.2. The number of aliphatic imine (C=N–C) groups is 1. The molecule has 0 unspecified atom stereocenters. The molecule has 2 rings (SSSR count). The normalized spacial score (nSPS) is 11.1. The fraction of sp³-hybridized carbons (Fsp3) is 0.500. The van der Waals surface area contributed by atoms with Crippen LogP contribution >= 0.6 is 35.3 Å². The van der Waals surface area contributed by atoms with Crippen LogP contribution in [0.3, 0.4) is 0 Å². The third-order valence-corrected chi connectivity index (χ3v) is 4.07. The second-order valence-electron chi connectivity index (χ2n) is 4.67. The number of rotatable bonds is 6. The third-order valence-electron chi connectivity index (χ3n) is 3.01. The minimum Gasteiger partial charge on any atom is -0.357 e. The van der Waals surface area contributed by atoms with Gasteiger partial charge in [-0.3, -0.25) is 0 Å². The van der Waals surface area contributed by atoms with Crippen molar-refractivity contribution in [2.24, 2.45) is 4.99 Å². The van der Waals surface area contributed by atoms with Crippen LogP contribution in [0.1, 0.15) is 22.5 Å². The summed E-state index contributed by atoms with van der Waals surface area (Å²) >= 11 is 1.71. The van der Waals surface area contributed by atoms with Crippen molar-refractivity contribution in [3.8, 4) is 0 Å². The lowest BCUT2D eigenvalue weighted by atomic mass is 10.4. The van der Waals surface area contributed by atoms with Crippen LogP contribution in [0.5, 0.6) is 0 Å². The van der Waals surface area contributed by atoms with Gasteiger partial charge in [-0.05, 0) is 20.8 Å². The van der Waals surface area contributed by atoms with Gasteiger partial charge in [-0.15, -0.1) is 35.3 Å².